The molecule has 7 rings (SSSR count). The fourth-order valence-corrected chi connectivity index (χ4v) is 6.73. The number of amides is 2. The van der Waals surface area contributed by atoms with Gasteiger partial charge < -0.3 is 0 Å². The van der Waals surface area contributed by atoms with Gasteiger partial charge in [0.15, 0.2) is 0 Å². The van der Waals surface area contributed by atoms with Crippen LogP contribution in [0.5, 0.6) is 0 Å². The SMILES string of the molecule is CCCC(CCC)N1C(=O)C2c3ccc4ccnc5c6nccc7ccc(c(c3c45)c76)C2C1=O. The Morgan fingerprint density at radius 1 is 0.706 bits per heavy atom. The second-order valence-corrected chi connectivity index (χ2v) is 9.81. The second kappa shape index (κ2) is 6.95. The molecule has 2 aromatic heterocycles. The maximum atomic E-state index is 14.0. The number of imide groups is 1. The van der Waals surface area contributed by atoms with Crippen LogP contribution in [-0.4, -0.2) is 32.7 Å². The molecular formula is C29H25N3O2. The average molecular weight is 448 g/mol. The van der Waals surface area contributed by atoms with Crippen molar-refractivity contribution in [2.45, 2.75) is 57.4 Å². The molecule has 3 aromatic carbocycles. The van der Waals surface area contributed by atoms with E-state index in [0.29, 0.717) is 0 Å². The van der Waals surface area contributed by atoms with Crippen molar-refractivity contribution in [3.63, 3.8) is 0 Å². The smallest absolute Gasteiger partial charge is 0.238 e. The third-order valence-corrected chi connectivity index (χ3v) is 8.02. The van der Waals surface area contributed by atoms with E-state index in [4.69, 9.17) is 9.97 Å². The molecule has 0 bridgehead atoms. The van der Waals surface area contributed by atoms with Gasteiger partial charge in [-0.25, -0.2) is 0 Å². The number of fused-ring (bicyclic) bond motifs is 4. The Morgan fingerprint density at radius 3 is 1.62 bits per heavy atom. The van der Waals surface area contributed by atoms with Gasteiger partial charge in [-0.1, -0.05) is 51.0 Å². The molecule has 2 amide bonds. The number of pyridine rings is 2. The molecule has 0 saturated carbocycles. The van der Waals surface area contributed by atoms with Crippen molar-refractivity contribution in [2.75, 3.05) is 0 Å². The van der Waals surface area contributed by atoms with Crippen LogP contribution in [0.25, 0.3) is 43.4 Å². The first kappa shape index (κ1) is 19.8. The van der Waals surface area contributed by atoms with Crippen LogP contribution in [0.15, 0.2) is 48.8 Å². The molecule has 1 fully saturated rings. The van der Waals surface area contributed by atoms with E-state index in [9.17, 15) is 9.59 Å². The highest BCUT2D eigenvalue weighted by Gasteiger charge is 2.53. The van der Waals surface area contributed by atoms with Gasteiger partial charge in [0, 0.05) is 29.2 Å². The number of hydrogen-bond acceptors (Lipinski definition) is 4. The molecule has 1 aliphatic carbocycles. The Kier molecular flexibility index (Phi) is 4.06. The van der Waals surface area contributed by atoms with E-state index in [1.54, 1.807) is 4.90 Å². The Hall–Kier alpha value is -3.60. The average Bonchev–Trinajstić information content (AvgIpc) is 3.12. The first-order valence-electron chi connectivity index (χ1n) is 12.4. The van der Waals surface area contributed by atoms with Gasteiger partial charge in [-0.05, 0) is 57.6 Å². The summed E-state index contributed by atoms with van der Waals surface area (Å²) in [5, 5.41) is 6.43. The molecule has 168 valence electrons. The van der Waals surface area contributed by atoms with Crippen LogP contribution in [0, 0.1) is 0 Å². The molecule has 0 spiro atoms. The molecule has 5 aromatic rings. The van der Waals surface area contributed by atoms with Gasteiger partial charge in [0.25, 0.3) is 0 Å². The molecule has 0 N–H and O–H groups in total. The number of carbonyl (C=O) groups is 2. The molecule has 2 atom stereocenters. The Morgan fingerprint density at radius 2 is 1.18 bits per heavy atom. The number of likely N-dealkylation sites (tertiary alicyclic amines) is 1. The van der Waals surface area contributed by atoms with Gasteiger partial charge >= 0.3 is 0 Å². The van der Waals surface area contributed by atoms with E-state index in [-0.39, 0.29) is 17.9 Å². The number of benzene rings is 3. The summed E-state index contributed by atoms with van der Waals surface area (Å²) in [7, 11) is 0. The predicted molar refractivity (Wildman–Crippen MR) is 134 cm³/mol. The van der Waals surface area contributed by atoms with Crippen LogP contribution < -0.4 is 0 Å². The van der Waals surface area contributed by atoms with E-state index in [1.807, 2.05) is 24.5 Å². The van der Waals surface area contributed by atoms with Crippen molar-refractivity contribution >= 4 is 55.2 Å². The Bertz CT molecular complexity index is 1540. The molecule has 3 heterocycles. The van der Waals surface area contributed by atoms with Crippen molar-refractivity contribution in [2.24, 2.45) is 0 Å². The lowest BCUT2D eigenvalue weighted by Crippen LogP contribution is -2.40. The lowest BCUT2D eigenvalue weighted by molar-refractivity contribution is -0.142. The molecule has 2 aliphatic rings. The zero-order chi connectivity index (χ0) is 23.1. The van der Waals surface area contributed by atoms with Gasteiger partial charge in [0.2, 0.25) is 11.8 Å². The number of carbonyl (C=O) groups excluding carboxylic acids is 2. The van der Waals surface area contributed by atoms with Crippen LogP contribution in [0.3, 0.4) is 0 Å². The normalized spacial score (nSPS) is 19.7. The molecule has 1 saturated heterocycles. The van der Waals surface area contributed by atoms with E-state index in [2.05, 4.69) is 38.1 Å². The predicted octanol–water partition coefficient (Wildman–Crippen LogP) is 6.05. The second-order valence-electron chi connectivity index (χ2n) is 9.81. The zero-order valence-electron chi connectivity index (χ0n) is 19.3. The summed E-state index contributed by atoms with van der Waals surface area (Å²) in [6, 6.07) is 12.3. The number of nitrogens with zero attached hydrogens (tertiary/aromatic N) is 3. The quantitative estimate of drug-likeness (QED) is 0.187. The van der Waals surface area contributed by atoms with Crippen molar-refractivity contribution in [3.05, 3.63) is 59.9 Å². The summed E-state index contributed by atoms with van der Waals surface area (Å²) >= 11 is 0. The summed E-state index contributed by atoms with van der Waals surface area (Å²) < 4.78 is 0. The molecular weight excluding hydrogens is 422 g/mol. The Balaban J connectivity index is 1.61. The first-order valence-corrected chi connectivity index (χ1v) is 12.4. The van der Waals surface area contributed by atoms with Crippen LogP contribution in [0.1, 0.15) is 62.5 Å². The number of hydrogen-bond donors (Lipinski definition) is 0. The van der Waals surface area contributed by atoms with E-state index >= 15 is 0 Å². The maximum Gasteiger partial charge on any atom is 0.238 e. The summed E-state index contributed by atoms with van der Waals surface area (Å²) in [6.07, 6.45) is 7.26. The van der Waals surface area contributed by atoms with Gasteiger partial charge in [-0.15, -0.1) is 0 Å². The summed E-state index contributed by atoms with van der Waals surface area (Å²) in [6.45, 7) is 4.24. The van der Waals surface area contributed by atoms with Crippen molar-refractivity contribution < 1.29 is 9.59 Å². The number of aromatic nitrogens is 2. The minimum absolute atomic E-state index is 0.0343. The molecule has 1 aliphatic heterocycles. The van der Waals surface area contributed by atoms with Gasteiger partial charge in [-0.2, -0.15) is 0 Å². The van der Waals surface area contributed by atoms with E-state index in [1.165, 1.54) is 0 Å². The molecule has 34 heavy (non-hydrogen) atoms. The first-order chi connectivity index (χ1) is 16.7. The van der Waals surface area contributed by atoms with E-state index < -0.39 is 11.8 Å². The molecule has 2 unspecified atom stereocenters. The largest absolute Gasteiger partial charge is 0.278 e. The third kappa shape index (κ3) is 2.29. The van der Waals surface area contributed by atoms with Crippen LogP contribution in [-0.2, 0) is 9.59 Å². The zero-order valence-corrected chi connectivity index (χ0v) is 19.3. The van der Waals surface area contributed by atoms with Crippen LogP contribution in [0.4, 0.5) is 0 Å². The lowest BCUT2D eigenvalue weighted by Gasteiger charge is -2.28. The van der Waals surface area contributed by atoms with Crippen molar-refractivity contribution in [3.8, 4) is 0 Å². The lowest BCUT2D eigenvalue weighted by atomic mass is 9.72. The van der Waals surface area contributed by atoms with Crippen molar-refractivity contribution in [1.82, 2.24) is 14.9 Å². The fraction of sp³-hybridized carbons (Fsp3) is 0.310. The molecule has 5 heteroatoms. The summed E-state index contributed by atoms with van der Waals surface area (Å²) in [5.41, 5.74) is 3.67. The van der Waals surface area contributed by atoms with Crippen molar-refractivity contribution in [1.29, 1.82) is 0 Å². The summed E-state index contributed by atoms with van der Waals surface area (Å²) in [4.78, 5) is 39.1. The summed E-state index contributed by atoms with van der Waals surface area (Å²) in [5.74, 6) is -1.02. The van der Waals surface area contributed by atoms with Gasteiger partial charge in [0.05, 0.1) is 22.9 Å². The highest BCUT2D eigenvalue weighted by molar-refractivity contribution is 6.34. The highest BCUT2D eigenvalue weighted by Crippen LogP contribution is 2.54. The highest BCUT2D eigenvalue weighted by atomic mass is 16.2. The third-order valence-electron chi connectivity index (χ3n) is 8.02. The van der Waals surface area contributed by atoms with Gasteiger partial charge in [-0.3, -0.25) is 24.5 Å². The fourth-order valence-electron chi connectivity index (χ4n) is 6.73. The van der Waals surface area contributed by atoms with Crippen LogP contribution in [0.2, 0.25) is 0 Å². The van der Waals surface area contributed by atoms with Gasteiger partial charge in [0.1, 0.15) is 0 Å². The maximum absolute atomic E-state index is 14.0. The molecule has 5 nitrogen and oxygen atoms in total. The number of rotatable bonds is 5. The topological polar surface area (TPSA) is 63.2 Å². The van der Waals surface area contributed by atoms with E-state index in [0.717, 1.165) is 80.2 Å². The minimum Gasteiger partial charge on any atom is -0.278 e. The minimum atomic E-state index is -0.473. The standard InChI is InChI=1S/C29H25N3O2/c1-3-5-17(6-4-2)32-28(33)24-18-9-7-15-11-13-30-26-20(15)22(18)23-19(25(24)29(32)34)10-8-16-12-14-31-27(26)21(16)23/h7-14,17,24-25H,3-6H2,1-2H3. The Labute approximate surface area is 197 Å². The molecule has 0 radical (unpaired) electrons. The monoisotopic (exact) mass is 447 g/mol. The van der Waals surface area contributed by atoms with Crippen LogP contribution >= 0.6 is 0 Å².